The van der Waals surface area contributed by atoms with Crippen LogP contribution in [0.4, 0.5) is 22.7 Å². The average Bonchev–Trinajstić information content (AvgIpc) is 3.32. The summed E-state index contributed by atoms with van der Waals surface area (Å²) in [5.74, 6) is -3.19. The second kappa shape index (κ2) is 11.3. The van der Waals surface area contributed by atoms with Crippen LogP contribution < -0.4 is 9.46 Å². The van der Waals surface area contributed by atoms with Crippen LogP contribution in [-0.2, 0) is 10.0 Å². The average molecular weight is 565 g/mol. The van der Waals surface area contributed by atoms with Crippen LogP contribution in [0.25, 0.3) is 0 Å². The highest BCUT2D eigenvalue weighted by Crippen LogP contribution is 2.35. The number of piperidine rings is 1. The van der Waals surface area contributed by atoms with E-state index in [4.69, 9.17) is 16.3 Å². The van der Waals surface area contributed by atoms with Gasteiger partial charge in [-0.15, -0.1) is 0 Å². The number of benzene rings is 2. The number of rotatable bonds is 9. The molecule has 0 unspecified atom stereocenters. The third-order valence-electron chi connectivity index (χ3n) is 5.82. The molecule has 0 radical (unpaired) electrons. The third-order valence-corrected chi connectivity index (χ3v) is 8.14. The lowest BCUT2D eigenvalue weighted by atomic mass is 9.81. The monoisotopic (exact) mass is 564 g/mol. The number of likely N-dealkylation sites (tertiary alicyclic amines) is 1. The lowest BCUT2D eigenvalue weighted by Gasteiger charge is -2.38. The van der Waals surface area contributed by atoms with E-state index >= 15 is 0 Å². The summed E-state index contributed by atoms with van der Waals surface area (Å²) in [7, 11) is -4.46. The summed E-state index contributed by atoms with van der Waals surface area (Å²) < 4.78 is 91.5. The van der Waals surface area contributed by atoms with E-state index in [0.29, 0.717) is 30.1 Å². The third kappa shape index (κ3) is 6.44. The van der Waals surface area contributed by atoms with Gasteiger partial charge >= 0.3 is 0 Å². The van der Waals surface area contributed by atoms with Gasteiger partial charge in [0.25, 0.3) is 16.4 Å². The Labute approximate surface area is 214 Å². The van der Waals surface area contributed by atoms with Crippen molar-refractivity contribution >= 4 is 38.3 Å². The van der Waals surface area contributed by atoms with E-state index < -0.39 is 45.3 Å². The number of aromatic nitrogens is 2. The minimum atomic E-state index is -4.46. The van der Waals surface area contributed by atoms with E-state index in [2.05, 4.69) is 9.36 Å². The molecule has 1 aliphatic rings. The van der Waals surface area contributed by atoms with E-state index in [0.717, 1.165) is 23.4 Å². The topological polar surface area (TPSA) is 84.4 Å². The Balaban J connectivity index is 1.52. The van der Waals surface area contributed by atoms with E-state index in [-0.39, 0.29) is 30.1 Å². The van der Waals surface area contributed by atoms with Gasteiger partial charge in [-0.1, -0.05) is 23.7 Å². The Kier molecular flexibility index (Phi) is 8.33. The van der Waals surface area contributed by atoms with Crippen LogP contribution >= 0.6 is 23.1 Å². The van der Waals surface area contributed by atoms with E-state index in [9.17, 15) is 26.0 Å². The van der Waals surface area contributed by atoms with Gasteiger partial charge in [0.1, 0.15) is 17.0 Å². The fraction of sp³-hybridized carbons (Fsp3) is 0.364. The van der Waals surface area contributed by atoms with Crippen molar-refractivity contribution in [2.45, 2.75) is 23.7 Å². The molecule has 3 aromatic rings. The fourth-order valence-corrected chi connectivity index (χ4v) is 6.06. The van der Waals surface area contributed by atoms with Gasteiger partial charge < -0.3 is 4.74 Å². The van der Waals surface area contributed by atoms with Gasteiger partial charge in [-0.3, -0.25) is 9.62 Å². The van der Waals surface area contributed by atoms with Crippen LogP contribution in [0.15, 0.2) is 47.6 Å². The predicted molar refractivity (Wildman–Crippen MR) is 127 cm³/mol. The highest BCUT2D eigenvalue weighted by atomic mass is 35.5. The van der Waals surface area contributed by atoms with E-state index in [1.165, 1.54) is 0 Å². The quantitative estimate of drug-likeness (QED) is 0.367. The van der Waals surface area contributed by atoms with Crippen molar-refractivity contribution in [1.82, 2.24) is 14.3 Å². The number of nitrogens with one attached hydrogen (secondary N) is 1. The zero-order valence-corrected chi connectivity index (χ0v) is 21.0. The zero-order valence-electron chi connectivity index (χ0n) is 18.6. The summed E-state index contributed by atoms with van der Waals surface area (Å²) in [4.78, 5) is 4.35. The number of nitrogens with zero attached hydrogens (tertiary/aromatic N) is 3. The van der Waals surface area contributed by atoms with Crippen LogP contribution in [0.3, 0.4) is 0 Å². The Morgan fingerprint density at radius 2 is 1.94 bits per heavy atom. The Bertz CT molecular complexity index is 1280. The summed E-state index contributed by atoms with van der Waals surface area (Å²) in [6.07, 6.45) is -0.830. The van der Waals surface area contributed by atoms with Crippen molar-refractivity contribution in [1.29, 1.82) is 0 Å². The molecule has 2 heterocycles. The maximum absolute atomic E-state index is 14.8. The fourth-order valence-electron chi connectivity index (χ4n) is 4.20. The Morgan fingerprint density at radius 1 is 1.19 bits per heavy atom. The van der Waals surface area contributed by atoms with Gasteiger partial charge in [0.2, 0.25) is 5.13 Å². The number of sulfonamides is 1. The molecule has 7 nitrogen and oxygen atoms in total. The second-order valence-corrected chi connectivity index (χ2v) is 11.1. The molecular formula is C22H21ClF4N4O3S2. The van der Waals surface area contributed by atoms with Crippen molar-refractivity contribution in [2.75, 3.05) is 31.0 Å². The summed E-state index contributed by atoms with van der Waals surface area (Å²) in [6.45, 7) is 0.213. The number of hydrogen-bond donors (Lipinski definition) is 1. The number of ether oxygens (including phenoxy) is 1. The van der Waals surface area contributed by atoms with E-state index in [1.54, 1.807) is 17.0 Å². The zero-order chi connectivity index (χ0) is 25.9. The largest absolute Gasteiger partial charge is 0.490 e. The minimum Gasteiger partial charge on any atom is -0.490 e. The summed E-state index contributed by atoms with van der Waals surface area (Å²) in [5, 5.41) is 0.448. The second-order valence-electron chi connectivity index (χ2n) is 8.23. The molecule has 1 aromatic heterocycles. The summed E-state index contributed by atoms with van der Waals surface area (Å²) in [5.41, 5.74) is 0.931. The number of hydrogen-bond acceptors (Lipinski definition) is 7. The van der Waals surface area contributed by atoms with Gasteiger partial charge in [0.05, 0.1) is 13.2 Å². The molecule has 0 spiro atoms. The number of halogens is 5. The minimum absolute atomic E-state index is 0.0835. The van der Waals surface area contributed by atoms with Crippen molar-refractivity contribution in [3.63, 3.8) is 0 Å². The lowest BCUT2D eigenvalue weighted by molar-refractivity contribution is 0.0466. The molecule has 1 N–H and O–H groups in total. The first-order chi connectivity index (χ1) is 17.1. The van der Waals surface area contributed by atoms with Crippen LogP contribution in [0.2, 0.25) is 5.02 Å². The highest BCUT2D eigenvalue weighted by molar-refractivity contribution is 7.93. The SMILES string of the molecule is O=S(=O)(Nc1ncns1)c1cc(F)c(OC[C@@H]2CN(CC(F)F)CC[C@H]2c2ccc(Cl)cc2)cc1F. The molecule has 0 bridgehead atoms. The standard InChI is InChI=1S/C22H21ClF4N4O3S2/c23-15-3-1-13(2-4-15)16-5-6-31(10-21(26)27)9-14(16)11-34-19-7-18(25)20(8-17(19)24)36(32,33)30-22-28-12-29-35-22/h1-4,7-8,12,14,16,21H,5-6,9-11H2,(H,28,29,30)/t14-,16-/m0/s1. The molecule has 2 aromatic carbocycles. The maximum atomic E-state index is 14.8. The Hall–Kier alpha value is -2.48. The first kappa shape index (κ1) is 26.6. The van der Waals surface area contributed by atoms with Gasteiger partial charge in [0, 0.05) is 41.2 Å². The highest BCUT2D eigenvalue weighted by Gasteiger charge is 2.32. The Morgan fingerprint density at radius 3 is 2.61 bits per heavy atom. The molecule has 14 heteroatoms. The van der Waals surface area contributed by atoms with Gasteiger partial charge in [0.15, 0.2) is 11.6 Å². The van der Waals surface area contributed by atoms with Gasteiger partial charge in [-0.05, 0) is 36.6 Å². The van der Waals surface area contributed by atoms with Gasteiger partial charge in [-0.25, -0.2) is 31.0 Å². The predicted octanol–water partition coefficient (Wildman–Crippen LogP) is 5.02. The maximum Gasteiger partial charge on any atom is 0.266 e. The summed E-state index contributed by atoms with van der Waals surface area (Å²) >= 11 is 6.71. The van der Waals surface area contributed by atoms with Gasteiger partial charge in [-0.2, -0.15) is 4.37 Å². The summed E-state index contributed by atoms with van der Waals surface area (Å²) in [6, 6.07) is 8.31. The van der Waals surface area contributed by atoms with Crippen molar-refractivity contribution in [2.24, 2.45) is 5.92 Å². The normalized spacial score (nSPS) is 18.9. The molecule has 1 fully saturated rings. The molecule has 36 heavy (non-hydrogen) atoms. The molecule has 1 saturated heterocycles. The van der Waals surface area contributed by atoms with Crippen LogP contribution in [0.5, 0.6) is 5.75 Å². The molecule has 194 valence electrons. The van der Waals surface area contributed by atoms with Crippen LogP contribution in [0.1, 0.15) is 17.9 Å². The number of alkyl halides is 2. The molecule has 0 saturated carbocycles. The molecular weight excluding hydrogens is 544 g/mol. The first-order valence-corrected chi connectivity index (χ1v) is 13.4. The van der Waals surface area contributed by atoms with Crippen LogP contribution in [-0.4, -0.2) is 55.3 Å². The van der Waals surface area contributed by atoms with Crippen molar-refractivity contribution in [3.05, 3.63) is 64.9 Å². The number of anilines is 1. The van der Waals surface area contributed by atoms with Crippen molar-refractivity contribution < 1.29 is 30.7 Å². The van der Waals surface area contributed by atoms with E-state index in [1.807, 2.05) is 16.9 Å². The van der Waals surface area contributed by atoms with Crippen molar-refractivity contribution in [3.8, 4) is 5.75 Å². The molecule has 0 aliphatic carbocycles. The smallest absolute Gasteiger partial charge is 0.266 e. The molecule has 0 amide bonds. The first-order valence-electron chi connectivity index (χ1n) is 10.8. The molecule has 1 aliphatic heterocycles. The molecule has 2 atom stereocenters. The van der Waals surface area contributed by atoms with Crippen LogP contribution in [0, 0.1) is 17.6 Å². The lowest BCUT2D eigenvalue weighted by Crippen LogP contribution is -2.43. The molecule has 4 rings (SSSR count).